The lowest BCUT2D eigenvalue weighted by molar-refractivity contribution is -0.137. The second-order valence-electron chi connectivity index (χ2n) is 3.74. The van der Waals surface area contributed by atoms with Crippen LogP contribution >= 0.6 is 0 Å². The lowest BCUT2D eigenvalue weighted by Gasteiger charge is -2.17. The van der Waals surface area contributed by atoms with Crippen molar-refractivity contribution in [3.8, 4) is 0 Å². The fourth-order valence-electron chi connectivity index (χ4n) is 1.19. The Hall–Kier alpha value is -2.25. The smallest absolute Gasteiger partial charge is 0.321 e. The van der Waals surface area contributed by atoms with Crippen molar-refractivity contribution in [1.29, 1.82) is 0 Å². The minimum atomic E-state index is -1.37. The summed E-state index contributed by atoms with van der Waals surface area (Å²) in [6.45, 7) is -0.105. The highest BCUT2D eigenvalue weighted by atomic mass is 19.2. The SMILES string of the molecule is CN(CCC(=O)O)C(=O)Nc1cc(F)c(F)cc1F. The van der Waals surface area contributed by atoms with Crippen LogP contribution in [0.15, 0.2) is 12.1 Å². The molecule has 104 valence electrons. The Morgan fingerprint density at radius 2 is 1.79 bits per heavy atom. The quantitative estimate of drug-likeness (QED) is 0.827. The third-order valence-electron chi connectivity index (χ3n) is 2.26. The summed E-state index contributed by atoms with van der Waals surface area (Å²) in [5.74, 6) is -4.89. The first-order valence-corrected chi connectivity index (χ1v) is 5.19. The predicted molar refractivity (Wildman–Crippen MR) is 60.2 cm³/mol. The third-order valence-corrected chi connectivity index (χ3v) is 2.26. The number of carboxylic acids is 1. The van der Waals surface area contributed by atoms with Gasteiger partial charge in [-0.25, -0.2) is 18.0 Å². The Morgan fingerprint density at radius 3 is 2.37 bits per heavy atom. The number of anilines is 1. The van der Waals surface area contributed by atoms with Crippen molar-refractivity contribution in [3.63, 3.8) is 0 Å². The van der Waals surface area contributed by atoms with Crippen LogP contribution < -0.4 is 5.32 Å². The van der Waals surface area contributed by atoms with E-state index in [9.17, 15) is 22.8 Å². The normalized spacial score (nSPS) is 10.1. The van der Waals surface area contributed by atoms with E-state index in [-0.39, 0.29) is 13.0 Å². The topological polar surface area (TPSA) is 69.6 Å². The highest BCUT2D eigenvalue weighted by molar-refractivity contribution is 5.89. The molecule has 0 spiro atoms. The number of rotatable bonds is 4. The van der Waals surface area contributed by atoms with Gasteiger partial charge in [0.15, 0.2) is 11.6 Å². The van der Waals surface area contributed by atoms with Gasteiger partial charge in [0.05, 0.1) is 12.1 Å². The molecule has 5 nitrogen and oxygen atoms in total. The first kappa shape index (κ1) is 14.8. The van der Waals surface area contributed by atoms with E-state index in [1.807, 2.05) is 5.32 Å². The fourth-order valence-corrected chi connectivity index (χ4v) is 1.19. The van der Waals surface area contributed by atoms with Crippen LogP contribution in [0, 0.1) is 17.5 Å². The van der Waals surface area contributed by atoms with Gasteiger partial charge in [-0.3, -0.25) is 4.79 Å². The number of halogens is 3. The maximum Gasteiger partial charge on any atom is 0.321 e. The van der Waals surface area contributed by atoms with E-state index in [0.29, 0.717) is 12.1 Å². The number of carbonyl (C=O) groups is 2. The van der Waals surface area contributed by atoms with Gasteiger partial charge >= 0.3 is 12.0 Å². The van der Waals surface area contributed by atoms with Crippen LogP contribution in [0.3, 0.4) is 0 Å². The van der Waals surface area contributed by atoms with E-state index in [4.69, 9.17) is 5.11 Å². The van der Waals surface area contributed by atoms with Crippen LogP contribution in [0.1, 0.15) is 6.42 Å². The maximum absolute atomic E-state index is 13.2. The molecule has 0 aliphatic heterocycles. The van der Waals surface area contributed by atoms with E-state index < -0.39 is 35.1 Å². The molecule has 1 aromatic rings. The number of amides is 2. The second-order valence-corrected chi connectivity index (χ2v) is 3.74. The Labute approximate surface area is 106 Å². The molecule has 0 unspecified atom stereocenters. The van der Waals surface area contributed by atoms with Crippen molar-refractivity contribution in [2.45, 2.75) is 6.42 Å². The summed E-state index contributed by atoms with van der Waals surface area (Å²) in [7, 11) is 1.29. The number of carbonyl (C=O) groups excluding carboxylic acids is 1. The fraction of sp³-hybridized carbons (Fsp3) is 0.273. The molecule has 0 atom stereocenters. The molecule has 1 rings (SSSR count). The van der Waals surface area contributed by atoms with Crippen LogP contribution in [0.25, 0.3) is 0 Å². The average molecular weight is 276 g/mol. The summed E-state index contributed by atoms with van der Waals surface area (Å²) in [5, 5.41) is 10.4. The molecule has 2 N–H and O–H groups in total. The number of benzene rings is 1. The molecular weight excluding hydrogens is 265 g/mol. The molecule has 0 bridgehead atoms. The van der Waals surface area contributed by atoms with Crippen LogP contribution in [0.2, 0.25) is 0 Å². The van der Waals surface area contributed by atoms with Crippen molar-refractivity contribution in [1.82, 2.24) is 4.90 Å². The van der Waals surface area contributed by atoms with Gasteiger partial charge in [-0.1, -0.05) is 0 Å². The Kier molecular flexibility index (Phi) is 4.74. The molecule has 8 heteroatoms. The van der Waals surface area contributed by atoms with Gasteiger partial charge in [-0.2, -0.15) is 0 Å². The van der Waals surface area contributed by atoms with Crippen LogP contribution in [0.4, 0.5) is 23.7 Å². The maximum atomic E-state index is 13.2. The summed E-state index contributed by atoms with van der Waals surface area (Å²) in [4.78, 5) is 22.8. The zero-order valence-corrected chi connectivity index (χ0v) is 9.91. The molecule has 0 aliphatic carbocycles. The molecular formula is C11H11F3N2O3. The Balaban J connectivity index is 2.71. The molecule has 0 heterocycles. The number of hydrogen-bond acceptors (Lipinski definition) is 2. The minimum absolute atomic E-state index is 0.105. The number of hydrogen-bond donors (Lipinski definition) is 2. The first-order chi connectivity index (χ1) is 8.81. The summed E-state index contributed by atoms with van der Waals surface area (Å²) in [6, 6.07) is -0.0124. The zero-order valence-electron chi connectivity index (χ0n) is 9.91. The zero-order chi connectivity index (χ0) is 14.6. The van der Waals surface area contributed by atoms with E-state index in [2.05, 4.69) is 0 Å². The van der Waals surface area contributed by atoms with Gasteiger partial charge in [0.25, 0.3) is 0 Å². The summed E-state index contributed by atoms with van der Waals surface area (Å²) >= 11 is 0. The highest BCUT2D eigenvalue weighted by Crippen LogP contribution is 2.18. The summed E-state index contributed by atoms with van der Waals surface area (Å²) < 4.78 is 38.8. The second kappa shape index (κ2) is 6.07. The molecule has 1 aromatic carbocycles. The van der Waals surface area contributed by atoms with Crippen molar-refractivity contribution in [2.75, 3.05) is 18.9 Å². The molecule has 0 aromatic heterocycles. The van der Waals surface area contributed by atoms with Crippen LogP contribution in [-0.2, 0) is 4.79 Å². The molecule has 0 fully saturated rings. The van der Waals surface area contributed by atoms with Gasteiger partial charge in [0, 0.05) is 25.7 Å². The van der Waals surface area contributed by atoms with E-state index in [1.165, 1.54) is 7.05 Å². The molecule has 0 radical (unpaired) electrons. The highest BCUT2D eigenvalue weighted by Gasteiger charge is 2.15. The standard InChI is InChI=1S/C11H11F3N2O3/c1-16(3-2-10(17)18)11(19)15-9-5-7(13)6(12)4-8(9)14/h4-5H,2-3H2,1H3,(H,15,19)(H,17,18). The van der Waals surface area contributed by atoms with Gasteiger partial charge in [0.2, 0.25) is 0 Å². The predicted octanol–water partition coefficient (Wildman–Crippen LogP) is 2.04. The number of nitrogens with one attached hydrogen (secondary N) is 1. The first-order valence-electron chi connectivity index (χ1n) is 5.19. The van der Waals surface area contributed by atoms with Crippen LogP contribution in [0.5, 0.6) is 0 Å². The molecule has 0 saturated carbocycles. The molecule has 0 saturated heterocycles. The van der Waals surface area contributed by atoms with Gasteiger partial charge in [-0.15, -0.1) is 0 Å². The average Bonchev–Trinajstić information content (AvgIpc) is 2.32. The summed E-state index contributed by atoms with van der Waals surface area (Å²) in [5.41, 5.74) is -0.522. The monoisotopic (exact) mass is 276 g/mol. The molecule has 2 amide bonds. The van der Waals surface area contributed by atoms with Crippen molar-refractivity contribution < 1.29 is 27.9 Å². The van der Waals surface area contributed by atoms with E-state index in [0.717, 1.165) is 4.90 Å². The lowest BCUT2D eigenvalue weighted by Crippen LogP contribution is -2.33. The minimum Gasteiger partial charge on any atom is -0.481 e. The number of nitrogens with zero attached hydrogens (tertiary/aromatic N) is 1. The van der Waals surface area contributed by atoms with Gasteiger partial charge in [-0.05, 0) is 0 Å². The number of carboxylic acid groups (broad SMARTS) is 1. The number of urea groups is 1. The third kappa shape index (κ3) is 4.16. The van der Waals surface area contributed by atoms with Crippen LogP contribution in [-0.4, -0.2) is 35.6 Å². The van der Waals surface area contributed by atoms with Crippen molar-refractivity contribution in [3.05, 3.63) is 29.6 Å². The van der Waals surface area contributed by atoms with Crippen molar-refractivity contribution in [2.24, 2.45) is 0 Å². The van der Waals surface area contributed by atoms with Crippen molar-refractivity contribution >= 4 is 17.7 Å². The number of aliphatic carboxylic acids is 1. The Morgan fingerprint density at radius 1 is 1.21 bits per heavy atom. The molecule has 19 heavy (non-hydrogen) atoms. The largest absolute Gasteiger partial charge is 0.481 e. The summed E-state index contributed by atoms with van der Waals surface area (Å²) in [6.07, 6.45) is -0.288. The van der Waals surface area contributed by atoms with E-state index in [1.54, 1.807) is 0 Å². The Bertz CT molecular complexity index is 508. The van der Waals surface area contributed by atoms with Gasteiger partial charge in [0.1, 0.15) is 5.82 Å². The lowest BCUT2D eigenvalue weighted by atomic mass is 10.3. The van der Waals surface area contributed by atoms with Gasteiger partial charge < -0.3 is 15.3 Å². The van der Waals surface area contributed by atoms with E-state index >= 15 is 0 Å². The molecule has 0 aliphatic rings.